The summed E-state index contributed by atoms with van der Waals surface area (Å²) in [5, 5.41) is 11.9. The summed E-state index contributed by atoms with van der Waals surface area (Å²) < 4.78 is 0. The van der Waals surface area contributed by atoms with Crippen molar-refractivity contribution in [3.63, 3.8) is 0 Å². The maximum absolute atomic E-state index is 12.0. The Morgan fingerprint density at radius 2 is 2.29 bits per heavy atom. The zero-order chi connectivity index (χ0) is 12.3. The molecule has 1 amide bonds. The van der Waals surface area contributed by atoms with Crippen LogP contribution in [0.3, 0.4) is 0 Å². The van der Waals surface area contributed by atoms with Gasteiger partial charge in [0, 0.05) is 10.6 Å². The van der Waals surface area contributed by atoms with E-state index in [0.29, 0.717) is 12.8 Å². The van der Waals surface area contributed by atoms with Gasteiger partial charge < -0.3 is 5.32 Å². The lowest BCUT2D eigenvalue weighted by molar-refractivity contribution is -0.126. The normalized spacial score (nSPS) is 16.7. The van der Waals surface area contributed by atoms with Crippen molar-refractivity contribution in [2.24, 2.45) is 5.41 Å². The summed E-state index contributed by atoms with van der Waals surface area (Å²) >= 11 is 1.63. The van der Waals surface area contributed by atoms with Crippen LogP contribution in [0.5, 0.6) is 0 Å². The Kier molecular flexibility index (Phi) is 3.39. The van der Waals surface area contributed by atoms with E-state index in [4.69, 9.17) is 5.26 Å². The van der Waals surface area contributed by atoms with Gasteiger partial charge in [0.15, 0.2) is 0 Å². The largest absolute Gasteiger partial charge is 0.325 e. The number of rotatable bonds is 3. The van der Waals surface area contributed by atoms with Crippen LogP contribution in [0.4, 0.5) is 5.69 Å². The molecule has 1 fully saturated rings. The fourth-order valence-electron chi connectivity index (χ4n) is 1.87. The van der Waals surface area contributed by atoms with Gasteiger partial charge in [-0.25, -0.2) is 0 Å². The van der Waals surface area contributed by atoms with Gasteiger partial charge in [0.25, 0.3) is 0 Å². The minimum Gasteiger partial charge on any atom is -0.325 e. The highest BCUT2D eigenvalue weighted by Crippen LogP contribution is 2.41. The van der Waals surface area contributed by atoms with Crippen LogP contribution in [-0.4, -0.2) is 12.2 Å². The zero-order valence-corrected chi connectivity index (χ0v) is 10.5. The van der Waals surface area contributed by atoms with E-state index in [2.05, 4.69) is 11.4 Å². The Hall–Kier alpha value is -1.47. The van der Waals surface area contributed by atoms with Gasteiger partial charge in [-0.05, 0) is 43.7 Å². The van der Waals surface area contributed by atoms with E-state index in [9.17, 15) is 4.79 Å². The molecule has 0 bridgehead atoms. The molecule has 1 aliphatic carbocycles. The number of carbonyl (C=O) groups excluding carboxylic acids is 1. The molecule has 1 N–H and O–H groups in total. The van der Waals surface area contributed by atoms with Crippen LogP contribution >= 0.6 is 11.8 Å². The summed E-state index contributed by atoms with van der Waals surface area (Å²) in [5.41, 5.74) is -0.0154. The van der Waals surface area contributed by atoms with E-state index < -0.39 is 5.41 Å². The maximum atomic E-state index is 12.0. The Bertz CT molecular complexity index is 475. The summed E-state index contributed by atoms with van der Waals surface area (Å²) in [5.74, 6) is -0.162. The molecule has 0 radical (unpaired) electrons. The fourth-order valence-corrected chi connectivity index (χ4v) is 2.33. The Labute approximate surface area is 105 Å². The molecule has 2 rings (SSSR count). The second-order valence-electron chi connectivity index (χ2n) is 4.23. The van der Waals surface area contributed by atoms with E-state index in [1.807, 2.05) is 30.5 Å². The van der Waals surface area contributed by atoms with Crippen molar-refractivity contribution in [2.75, 3.05) is 11.6 Å². The molecule has 0 spiro atoms. The number of anilines is 1. The third kappa shape index (κ3) is 2.29. The van der Waals surface area contributed by atoms with Crippen molar-refractivity contribution in [3.8, 4) is 6.07 Å². The van der Waals surface area contributed by atoms with E-state index in [1.165, 1.54) is 0 Å². The van der Waals surface area contributed by atoms with Crippen molar-refractivity contribution in [3.05, 3.63) is 24.3 Å². The summed E-state index contributed by atoms with van der Waals surface area (Å²) in [6, 6.07) is 9.81. The average Bonchev–Trinajstić information content (AvgIpc) is 2.28. The number of nitriles is 1. The lowest BCUT2D eigenvalue weighted by Crippen LogP contribution is -2.40. The molecule has 0 unspecified atom stereocenters. The molecule has 0 saturated heterocycles. The van der Waals surface area contributed by atoms with Crippen molar-refractivity contribution in [1.82, 2.24) is 0 Å². The van der Waals surface area contributed by atoms with Crippen LogP contribution < -0.4 is 5.32 Å². The molecular formula is C13H14N2OS. The first-order chi connectivity index (χ1) is 8.20. The van der Waals surface area contributed by atoms with Crippen LogP contribution in [0.1, 0.15) is 19.3 Å². The highest BCUT2D eigenvalue weighted by atomic mass is 32.2. The van der Waals surface area contributed by atoms with Crippen molar-refractivity contribution < 1.29 is 4.79 Å². The first-order valence-corrected chi connectivity index (χ1v) is 6.79. The quantitative estimate of drug-likeness (QED) is 0.834. The number of nitrogens with one attached hydrogen (secondary N) is 1. The highest BCUT2D eigenvalue weighted by molar-refractivity contribution is 7.98. The molecule has 1 saturated carbocycles. The van der Waals surface area contributed by atoms with E-state index >= 15 is 0 Å². The summed E-state index contributed by atoms with van der Waals surface area (Å²) in [4.78, 5) is 13.1. The molecular weight excluding hydrogens is 232 g/mol. The lowest BCUT2D eigenvalue weighted by atomic mass is 9.69. The van der Waals surface area contributed by atoms with Crippen molar-refractivity contribution >= 4 is 23.4 Å². The van der Waals surface area contributed by atoms with Crippen LogP contribution in [0.2, 0.25) is 0 Å². The number of thioether (sulfide) groups is 1. The molecule has 0 heterocycles. The van der Waals surface area contributed by atoms with Gasteiger partial charge in [-0.1, -0.05) is 6.07 Å². The Morgan fingerprint density at radius 1 is 1.53 bits per heavy atom. The van der Waals surface area contributed by atoms with Crippen LogP contribution in [0.15, 0.2) is 29.2 Å². The van der Waals surface area contributed by atoms with Gasteiger partial charge >= 0.3 is 0 Å². The number of hydrogen-bond donors (Lipinski definition) is 1. The second kappa shape index (κ2) is 4.80. The second-order valence-corrected chi connectivity index (χ2v) is 5.11. The Balaban J connectivity index is 2.10. The van der Waals surface area contributed by atoms with Gasteiger partial charge in [-0.15, -0.1) is 11.8 Å². The van der Waals surface area contributed by atoms with E-state index in [1.54, 1.807) is 11.8 Å². The molecule has 88 valence electrons. The number of hydrogen-bond acceptors (Lipinski definition) is 3. The Morgan fingerprint density at radius 3 is 2.82 bits per heavy atom. The first-order valence-electron chi connectivity index (χ1n) is 5.57. The van der Waals surface area contributed by atoms with Crippen LogP contribution in [0, 0.1) is 16.7 Å². The molecule has 1 aromatic rings. The molecule has 0 aliphatic heterocycles. The predicted octanol–water partition coefficient (Wildman–Crippen LogP) is 3.04. The summed E-state index contributed by atoms with van der Waals surface area (Å²) in [6.07, 6.45) is 4.31. The third-order valence-corrected chi connectivity index (χ3v) is 3.91. The number of benzene rings is 1. The molecule has 1 aliphatic rings. The molecule has 17 heavy (non-hydrogen) atoms. The summed E-state index contributed by atoms with van der Waals surface area (Å²) in [7, 11) is 0. The number of amides is 1. The molecule has 0 atom stereocenters. The number of nitrogens with zero attached hydrogens (tertiary/aromatic N) is 1. The lowest BCUT2D eigenvalue weighted by Gasteiger charge is -2.33. The van der Waals surface area contributed by atoms with Crippen LogP contribution in [-0.2, 0) is 4.79 Å². The maximum Gasteiger partial charge on any atom is 0.244 e. The SMILES string of the molecule is CSc1cccc(NC(=O)C2(C#N)CCC2)c1. The minimum absolute atomic E-state index is 0.162. The van der Waals surface area contributed by atoms with Crippen molar-refractivity contribution in [1.29, 1.82) is 5.26 Å². The van der Waals surface area contributed by atoms with Crippen molar-refractivity contribution in [2.45, 2.75) is 24.2 Å². The smallest absolute Gasteiger partial charge is 0.244 e. The number of carbonyl (C=O) groups is 1. The molecule has 1 aromatic carbocycles. The highest BCUT2D eigenvalue weighted by Gasteiger charge is 2.44. The van der Waals surface area contributed by atoms with Gasteiger partial charge in [0.1, 0.15) is 5.41 Å². The third-order valence-electron chi connectivity index (χ3n) is 3.18. The standard InChI is InChI=1S/C13H14N2OS/c1-17-11-5-2-4-10(8-11)15-12(16)13(9-14)6-3-7-13/h2,4-5,8H,3,6-7H2,1H3,(H,15,16). The van der Waals surface area contributed by atoms with E-state index in [0.717, 1.165) is 17.0 Å². The first kappa shape index (κ1) is 12.0. The molecule has 0 aromatic heterocycles. The molecule has 3 nitrogen and oxygen atoms in total. The van der Waals surface area contributed by atoms with Gasteiger partial charge in [-0.2, -0.15) is 5.26 Å². The minimum atomic E-state index is -0.782. The zero-order valence-electron chi connectivity index (χ0n) is 9.69. The van der Waals surface area contributed by atoms with Crippen LogP contribution in [0.25, 0.3) is 0 Å². The van der Waals surface area contributed by atoms with E-state index in [-0.39, 0.29) is 5.91 Å². The monoisotopic (exact) mass is 246 g/mol. The average molecular weight is 246 g/mol. The predicted molar refractivity (Wildman–Crippen MR) is 68.7 cm³/mol. The molecule has 4 heteroatoms. The topological polar surface area (TPSA) is 52.9 Å². The summed E-state index contributed by atoms with van der Waals surface area (Å²) in [6.45, 7) is 0. The van der Waals surface area contributed by atoms with Gasteiger partial charge in [0.2, 0.25) is 5.91 Å². The van der Waals surface area contributed by atoms with Gasteiger partial charge in [0.05, 0.1) is 6.07 Å². The fraction of sp³-hybridized carbons (Fsp3) is 0.385. The van der Waals surface area contributed by atoms with Gasteiger partial charge in [-0.3, -0.25) is 4.79 Å².